The largest absolute Gasteiger partial charge is 0.434 e. The normalized spacial score (nSPS) is 24.1. The minimum absolute atomic E-state index is 0.114. The summed E-state index contributed by atoms with van der Waals surface area (Å²) in [4.78, 5) is 13.9. The van der Waals surface area contributed by atoms with E-state index in [0.717, 1.165) is 32.2 Å². The van der Waals surface area contributed by atoms with Crippen LogP contribution in [0.2, 0.25) is 0 Å². The molecule has 1 aliphatic rings. The quantitative estimate of drug-likeness (QED) is 0.601. The molecule has 0 aliphatic carbocycles. The van der Waals surface area contributed by atoms with Gasteiger partial charge in [0.25, 0.3) is 0 Å². The van der Waals surface area contributed by atoms with Crippen molar-refractivity contribution in [2.75, 3.05) is 6.54 Å². The first-order valence-electron chi connectivity index (χ1n) is 6.25. The highest BCUT2D eigenvalue weighted by molar-refractivity contribution is 5.06. The summed E-state index contributed by atoms with van der Waals surface area (Å²) in [6.07, 6.45) is 6.39. The van der Waals surface area contributed by atoms with Crippen LogP contribution < -0.4 is 5.32 Å². The number of imidazole rings is 1. The number of aliphatic hydroxyl groups excluding tert-OH is 1. The van der Waals surface area contributed by atoms with Gasteiger partial charge in [0.15, 0.2) is 0 Å². The number of nitrogens with zero attached hydrogens (tertiary/aromatic N) is 3. The topological polar surface area (TPSA) is 93.2 Å². The predicted molar refractivity (Wildman–Crippen MR) is 64.8 cm³/mol. The van der Waals surface area contributed by atoms with Crippen LogP contribution in [0.4, 0.5) is 5.95 Å². The van der Waals surface area contributed by atoms with Crippen molar-refractivity contribution in [3.8, 4) is 0 Å². The highest BCUT2D eigenvalue weighted by atomic mass is 16.6. The Morgan fingerprint density at radius 1 is 1.67 bits per heavy atom. The number of piperidine rings is 1. The summed E-state index contributed by atoms with van der Waals surface area (Å²) >= 11 is 0. The monoisotopic (exact) mass is 254 g/mol. The lowest BCUT2D eigenvalue weighted by molar-refractivity contribution is -0.396. The Bertz CT molecular complexity index is 407. The Kier molecular flexibility index (Phi) is 4.27. The zero-order valence-corrected chi connectivity index (χ0v) is 10.2. The minimum atomic E-state index is -0.475. The van der Waals surface area contributed by atoms with Gasteiger partial charge in [-0.2, -0.15) is 0 Å². The summed E-state index contributed by atoms with van der Waals surface area (Å²) < 4.78 is 1.54. The van der Waals surface area contributed by atoms with Crippen LogP contribution in [0, 0.1) is 16.0 Å². The van der Waals surface area contributed by atoms with E-state index in [9.17, 15) is 15.2 Å². The van der Waals surface area contributed by atoms with Crippen molar-refractivity contribution in [2.45, 2.75) is 38.5 Å². The third-order valence-corrected chi connectivity index (χ3v) is 3.38. The fourth-order valence-electron chi connectivity index (χ4n) is 2.41. The molecule has 1 fully saturated rings. The van der Waals surface area contributed by atoms with Crippen molar-refractivity contribution >= 4 is 5.95 Å². The van der Waals surface area contributed by atoms with Crippen LogP contribution in [0.15, 0.2) is 12.4 Å². The molecule has 0 spiro atoms. The number of aromatic nitrogens is 2. The molecule has 7 nitrogen and oxygen atoms in total. The maximum absolute atomic E-state index is 10.7. The first kappa shape index (κ1) is 13.0. The fraction of sp³-hybridized carbons (Fsp3) is 0.727. The maximum Gasteiger partial charge on any atom is 0.434 e. The molecule has 2 heterocycles. The molecule has 0 saturated carbocycles. The molecule has 18 heavy (non-hydrogen) atoms. The van der Waals surface area contributed by atoms with Gasteiger partial charge in [-0.1, -0.05) is 4.98 Å². The van der Waals surface area contributed by atoms with Crippen LogP contribution in [-0.4, -0.2) is 32.4 Å². The molecule has 7 heteroatoms. The van der Waals surface area contributed by atoms with Crippen LogP contribution in [0.25, 0.3) is 0 Å². The fourth-order valence-corrected chi connectivity index (χ4v) is 2.41. The van der Waals surface area contributed by atoms with Gasteiger partial charge in [-0.05, 0) is 43.1 Å². The second-order valence-electron chi connectivity index (χ2n) is 4.62. The van der Waals surface area contributed by atoms with Crippen molar-refractivity contribution in [3.63, 3.8) is 0 Å². The van der Waals surface area contributed by atoms with Gasteiger partial charge in [0, 0.05) is 0 Å². The van der Waals surface area contributed by atoms with Crippen molar-refractivity contribution in [1.29, 1.82) is 0 Å². The first-order valence-corrected chi connectivity index (χ1v) is 6.25. The molecule has 1 aliphatic heterocycles. The average Bonchev–Trinajstić information content (AvgIpc) is 2.80. The molecule has 0 amide bonds. The van der Waals surface area contributed by atoms with Gasteiger partial charge in [0.05, 0.1) is 6.54 Å². The van der Waals surface area contributed by atoms with Crippen molar-refractivity contribution in [1.82, 2.24) is 14.9 Å². The minimum Gasteiger partial charge on any atom is -0.390 e. The zero-order valence-electron chi connectivity index (χ0n) is 10.2. The van der Waals surface area contributed by atoms with Crippen LogP contribution >= 0.6 is 0 Å². The lowest BCUT2D eigenvalue weighted by Gasteiger charge is -2.28. The summed E-state index contributed by atoms with van der Waals surface area (Å²) in [7, 11) is 0. The highest BCUT2D eigenvalue weighted by Gasteiger charge is 2.22. The van der Waals surface area contributed by atoms with Gasteiger partial charge in [0.2, 0.25) is 0 Å². The van der Waals surface area contributed by atoms with E-state index in [0.29, 0.717) is 6.54 Å². The molecular formula is C11H18N4O3. The summed E-state index contributed by atoms with van der Waals surface area (Å²) in [6.45, 7) is 1.43. The smallest absolute Gasteiger partial charge is 0.390 e. The van der Waals surface area contributed by atoms with Crippen molar-refractivity contribution < 1.29 is 10.0 Å². The number of rotatable bonds is 5. The van der Waals surface area contributed by atoms with Gasteiger partial charge in [-0.3, -0.25) is 5.32 Å². The Labute approximate surface area is 105 Å². The van der Waals surface area contributed by atoms with E-state index < -0.39 is 11.2 Å². The molecule has 2 unspecified atom stereocenters. The van der Waals surface area contributed by atoms with E-state index in [4.69, 9.17) is 0 Å². The lowest BCUT2D eigenvalue weighted by atomic mass is 9.93. The second-order valence-corrected chi connectivity index (χ2v) is 4.62. The van der Waals surface area contributed by atoms with Gasteiger partial charge in [0.1, 0.15) is 18.6 Å². The molecule has 0 bridgehead atoms. The Hall–Kier alpha value is -1.47. The SMILES string of the molecule is O=[N+]([O-])c1nccn1CCCC1CCCNC1O. The van der Waals surface area contributed by atoms with E-state index in [1.807, 2.05) is 0 Å². The zero-order chi connectivity index (χ0) is 13.0. The number of nitrogens with one attached hydrogen (secondary N) is 1. The lowest BCUT2D eigenvalue weighted by Crippen LogP contribution is -2.41. The van der Waals surface area contributed by atoms with E-state index in [2.05, 4.69) is 10.3 Å². The van der Waals surface area contributed by atoms with Crippen molar-refractivity contribution in [2.24, 2.45) is 5.92 Å². The van der Waals surface area contributed by atoms with Gasteiger partial charge in [-0.15, -0.1) is 0 Å². The van der Waals surface area contributed by atoms with Gasteiger partial charge in [-0.25, -0.2) is 4.57 Å². The van der Waals surface area contributed by atoms with Crippen LogP contribution in [0.3, 0.4) is 0 Å². The van der Waals surface area contributed by atoms with Crippen LogP contribution in [-0.2, 0) is 6.54 Å². The van der Waals surface area contributed by atoms with Crippen LogP contribution in [0.5, 0.6) is 0 Å². The standard InChI is InChI=1S/C11H18N4O3/c16-10-9(3-1-5-12-10)4-2-7-14-8-6-13-11(14)15(17)18/h6,8-10,12,16H,1-5,7H2. The Morgan fingerprint density at radius 2 is 2.50 bits per heavy atom. The van der Waals surface area contributed by atoms with Gasteiger partial charge < -0.3 is 15.2 Å². The van der Waals surface area contributed by atoms with Crippen molar-refractivity contribution in [3.05, 3.63) is 22.5 Å². The molecule has 0 aromatic carbocycles. The highest BCUT2D eigenvalue weighted by Crippen LogP contribution is 2.21. The van der Waals surface area contributed by atoms with Gasteiger partial charge >= 0.3 is 5.95 Å². The third-order valence-electron chi connectivity index (χ3n) is 3.38. The molecule has 100 valence electrons. The molecule has 0 radical (unpaired) electrons. The van der Waals surface area contributed by atoms with Crippen LogP contribution in [0.1, 0.15) is 25.7 Å². The number of hydrogen-bond donors (Lipinski definition) is 2. The molecule has 2 atom stereocenters. The summed E-state index contributed by atoms with van der Waals surface area (Å²) in [5.74, 6) is 0.138. The number of aliphatic hydroxyl groups is 1. The number of nitro groups is 1. The Morgan fingerprint density at radius 3 is 3.22 bits per heavy atom. The molecule has 2 N–H and O–H groups in total. The molecule has 1 aromatic rings. The molecule has 1 aromatic heterocycles. The Balaban J connectivity index is 1.81. The maximum atomic E-state index is 10.7. The summed E-state index contributed by atoms with van der Waals surface area (Å²) in [6, 6.07) is 0. The number of hydrogen-bond acceptors (Lipinski definition) is 5. The molecule has 1 saturated heterocycles. The second kappa shape index (κ2) is 5.92. The summed E-state index contributed by atoms with van der Waals surface area (Å²) in [5.41, 5.74) is 0. The van der Waals surface area contributed by atoms with E-state index in [1.165, 1.54) is 6.20 Å². The van der Waals surface area contributed by atoms with E-state index in [-0.39, 0.29) is 11.9 Å². The predicted octanol–water partition coefficient (Wildman–Crippen LogP) is 0.889. The summed E-state index contributed by atoms with van der Waals surface area (Å²) in [5, 5.41) is 23.4. The third kappa shape index (κ3) is 3.05. The average molecular weight is 254 g/mol. The number of aryl methyl sites for hydroxylation is 1. The van der Waals surface area contributed by atoms with E-state index in [1.54, 1.807) is 10.8 Å². The first-order chi connectivity index (χ1) is 8.68. The van der Waals surface area contributed by atoms with E-state index >= 15 is 0 Å². The molecular weight excluding hydrogens is 236 g/mol. The molecule has 2 rings (SSSR count).